The molecule has 1 aliphatic heterocycles. The maximum atomic E-state index is 13.1. The van der Waals surface area contributed by atoms with Gasteiger partial charge in [0.1, 0.15) is 5.69 Å². The Morgan fingerprint density at radius 3 is 2.47 bits per heavy atom. The lowest BCUT2D eigenvalue weighted by Gasteiger charge is -2.37. The molecule has 2 aliphatic rings. The van der Waals surface area contributed by atoms with Crippen LogP contribution in [0.2, 0.25) is 0 Å². The number of fused-ring (bicyclic) bond motifs is 1. The molecule has 1 saturated carbocycles. The number of nitrogens with one attached hydrogen (secondary N) is 1. The third kappa shape index (κ3) is 4.69. The normalized spacial score (nSPS) is 18.9. The van der Waals surface area contributed by atoms with Crippen LogP contribution in [-0.2, 0) is 12.0 Å². The van der Waals surface area contributed by atoms with E-state index in [2.05, 4.69) is 34.5 Å². The highest BCUT2D eigenvalue weighted by Crippen LogP contribution is 2.35. The molecule has 1 aliphatic carbocycles. The predicted molar refractivity (Wildman–Crippen MR) is 134 cm³/mol. The van der Waals surface area contributed by atoms with E-state index in [4.69, 9.17) is 4.98 Å². The molecule has 0 unspecified atom stereocenters. The molecule has 0 atom stereocenters. The van der Waals surface area contributed by atoms with Gasteiger partial charge in [0, 0.05) is 31.1 Å². The molecule has 2 heterocycles. The van der Waals surface area contributed by atoms with Crippen LogP contribution in [0.4, 0.5) is 0 Å². The van der Waals surface area contributed by atoms with Crippen LogP contribution in [-0.4, -0.2) is 34.9 Å². The van der Waals surface area contributed by atoms with Gasteiger partial charge in [-0.05, 0) is 48.9 Å². The number of piperidine rings is 1. The number of amides is 1. The van der Waals surface area contributed by atoms with Crippen LogP contribution in [0.1, 0.15) is 66.6 Å². The first-order valence-electron chi connectivity index (χ1n) is 12.6. The van der Waals surface area contributed by atoms with E-state index >= 15 is 0 Å². The van der Waals surface area contributed by atoms with Gasteiger partial charge in [0.15, 0.2) is 0 Å². The Bertz CT molecular complexity index is 1190. The summed E-state index contributed by atoms with van der Waals surface area (Å²) in [5.74, 6) is -0.0647. The summed E-state index contributed by atoms with van der Waals surface area (Å²) in [4.78, 5) is 20.2. The second-order valence-corrected chi connectivity index (χ2v) is 9.83. The third-order valence-electron chi connectivity index (χ3n) is 7.62. The molecule has 1 amide bonds. The maximum absolute atomic E-state index is 13.1. The van der Waals surface area contributed by atoms with Gasteiger partial charge < -0.3 is 5.32 Å². The van der Waals surface area contributed by atoms with Crippen molar-refractivity contribution in [1.29, 1.82) is 5.26 Å². The highest BCUT2D eigenvalue weighted by molar-refractivity contribution is 5.96. The minimum atomic E-state index is -0.414. The average molecular weight is 453 g/mol. The van der Waals surface area contributed by atoms with Crippen molar-refractivity contribution in [3.63, 3.8) is 0 Å². The number of carbonyl (C=O) groups excluding carboxylic acids is 1. The number of aromatic nitrogens is 1. The monoisotopic (exact) mass is 452 g/mol. The van der Waals surface area contributed by atoms with Gasteiger partial charge in [-0.25, -0.2) is 4.98 Å². The summed E-state index contributed by atoms with van der Waals surface area (Å²) in [5.41, 5.74) is 3.20. The van der Waals surface area contributed by atoms with Crippen molar-refractivity contribution in [3.05, 3.63) is 77.5 Å². The minimum absolute atomic E-state index is 0.0647. The van der Waals surface area contributed by atoms with E-state index in [1.165, 1.54) is 19.3 Å². The number of para-hydroxylation sites is 1. The number of nitriles is 1. The second-order valence-electron chi connectivity index (χ2n) is 9.83. The van der Waals surface area contributed by atoms with Crippen LogP contribution in [0.5, 0.6) is 0 Å². The van der Waals surface area contributed by atoms with Crippen LogP contribution in [0.3, 0.4) is 0 Å². The predicted octanol–water partition coefficient (Wildman–Crippen LogP) is 5.35. The lowest BCUT2D eigenvalue weighted by Crippen LogP contribution is -2.41. The van der Waals surface area contributed by atoms with Crippen molar-refractivity contribution in [1.82, 2.24) is 15.2 Å². The van der Waals surface area contributed by atoms with Gasteiger partial charge in [-0.1, -0.05) is 67.8 Å². The summed E-state index contributed by atoms with van der Waals surface area (Å²) in [6.45, 7) is 2.45. The molecular weight excluding hydrogens is 420 g/mol. The van der Waals surface area contributed by atoms with Gasteiger partial charge >= 0.3 is 0 Å². The molecule has 5 heteroatoms. The molecule has 0 radical (unpaired) electrons. The van der Waals surface area contributed by atoms with E-state index in [9.17, 15) is 10.1 Å². The van der Waals surface area contributed by atoms with Crippen molar-refractivity contribution in [2.75, 3.05) is 13.1 Å². The zero-order valence-corrected chi connectivity index (χ0v) is 19.7. The Balaban J connectivity index is 1.34. The standard InChI is InChI=1S/C29H32N4O/c30-21-29(23-9-3-1-4-10-23)15-17-33(18-16-29)20-22-19-27(32-26-14-8-7-13-25(22)26)28(34)31-24-11-5-2-6-12-24/h1,3-4,7-10,13-14,19,24H,2,5-6,11-12,15-18,20H2,(H,31,34). The molecule has 1 saturated heterocycles. The van der Waals surface area contributed by atoms with Crippen LogP contribution < -0.4 is 5.32 Å². The van der Waals surface area contributed by atoms with Gasteiger partial charge in [0.05, 0.1) is 17.0 Å². The number of hydrogen-bond acceptors (Lipinski definition) is 4. The van der Waals surface area contributed by atoms with E-state index in [0.717, 1.165) is 67.3 Å². The Kier molecular flexibility index (Phi) is 6.60. The first-order chi connectivity index (χ1) is 16.7. The zero-order valence-electron chi connectivity index (χ0n) is 19.7. The van der Waals surface area contributed by atoms with Crippen molar-refractivity contribution >= 4 is 16.8 Å². The molecule has 2 fully saturated rings. The van der Waals surface area contributed by atoms with E-state index in [-0.39, 0.29) is 11.9 Å². The molecule has 1 N–H and O–H groups in total. The maximum Gasteiger partial charge on any atom is 0.270 e. The molecule has 5 rings (SSSR count). The quantitative estimate of drug-likeness (QED) is 0.566. The summed E-state index contributed by atoms with van der Waals surface area (Å²) >= 11 is 0. The molecule has 1 aromatic heterocycles. The molecule has 174 valence electrons. The molecular formula is C29H32N4O. The van der Waals surface area contributed by atoms with Gasteiger partial charge in [-0.2, -0.15) is 5.26 Å². The van der Waals surface area contributed by atoms with Crippen LogP contribution in [0, 0.1) is 11.3 Å². The lowest BCUT2D eigenvalue weighted by molar-refractivity contribution is 0.0922. The van der Waals surface area contributed by atoms with Gasteiger partial charge in [-0.15, -0.1) is 0 Å². The molecule has 0 spiro atoms. The van der Waals surface area contributed by atoms with Crippen molar-refractivity contribution in [2.45, 2.75) is 62.9 Å². The summed E-state index contributed by atoms with van der Waals surface area (Å²) in [6.07, 6.45) is 7.37. The first-order valence-corrected chi connectivity index (χ1v) is 12.6. The number of carbonyl (C=O) groups is 1. The summed E-state index contributed by atoms with van der Waals surface area (Å²) < 4.78 is 0. The van der Waals surface area contributed by atoms with Crippen LogP contribution in [0.15, 0.2) is 60.7 Å². The molecule has 3 aromatic rings. The van der Waals surface area contributed by atoms with Crippen molar-refractivity contribution in [2.24, 2.45) is 0 Å². The smallest absolute Gasteiger partial charge is 0.270 e. The number of pyridine rings is 1. The van der Waals surface area contributed by atoms with Gasteiger partial charge in [-0.3, -0.25) is 9.69 Å². The SMILES string of the molecule is N#CC1(c2ccccc2)CCN(Cc2cc(C(=O)NC3CCCCC3)nc3ccccc23)CC1. The minimum Gasteiger partial charge on any atom is -0.348 e. The van der Waals surface area contributed by atoms with E-state index in [1.54, 1.807) is 0 Å². The van der Waals surface area contributed by atoms with E-state index in [1.807, 2.05) is 42.5 Å². The number of likely N-dealkylation sites (tertiary alicyclic amines) is 1. The number of hydrogen-bond donors (Lipinski definition) is 1. The fourth-order valence-corrected chi connectivity index (χ4v) is 5.56. The molecule has 34 heavy (non-hydrogen) atoms. The Morgan fingerprint density at radius 1 is 1.03 bits per heavy atom. The number of nitrogens with zero attached hydrogens (tertiary/aromatic N) is 3. The van der Waals surface area contributed by atoms with Gasteiger partial charge in [0.25, 0.3) is 5.91 Å². The van der Waals surface area contributed by atoms with E-state index in [0.29, 0.717) is 5.69 Å². The number of rotatable bonds is 5. The Morgan fingerprint density at radius 2 is 1.74 bits per heavy atom. The summed E-state index contributed by atoms with van der Waals surface area (Å²) in [7, 11) is 0. The molecule has 0 bridgehead atoms. The highest BCUT2D eigenvalue weighted by Gasteiger charge is 2.36. The third-order valence-corrected chi connectivity index (χ3v) is 7.62. The van der Waals surface area contributed by atoms with Gasteiger partial charge in [0.2, 0.25) is 0 Å². The largest absolute Gasteiger partial charge is 0.348 e. The van der Waals surface area contributed by atoms with Crippen molar-refractivity contribution < 1.29 is 4.79 Å². The van der Waals surface area contributed by atoms with Crippen molar-refractivity contribution in [3.8, 4) is 6.07 Å². The zero-order chi connectivity index (χ0) is 23.4. The Labute approximate surface area is 201 Å². The highest BCUT2D eigenvalue weighted by atomic mass is 16.1. The van der Waals surface area contributed by atoms with Crippen LogP contribution >= 0.6 is 0 Å². The fourth-order valence-electron chi connectivity index (χ4n) is 5.56. The second kappa shape index (κ2) is 9.95. The summed E-state index contributed by atoms with van der Waals surface area (Å²) in [6, 6.07) is 23.1. The van der Waals surface area contributed by atoms with E-state index < -0.39 is 5.41 Å². The number of benzene rings is 2. The lowest BCUT2D eigenvalue weighted by atomic mass is 9.74. The first kappa shape index (κ1) is 22.6. The van der Waals surface area contributed by atoms with Crippen LogP contribution in [0.25, 0.3) is 10.9 Å². The topological polar surface area (TPSA) is 69.0 Å². The average Bonchev–Trinajstić information content (AvgIpc) is 2.90. The molecule has 5 nitrogen and oxygen atoms in total. The fraction of sp³-hybridized carbons (Fsp3) is 0.414. The summed E-state index contributed by atoms with van der Waals surface area (Å²) in [5, 5.41) is 14.3. The Hall–Kier alpha value is -3.23. The molecule has 2 aromatic carbocycles.